The quantitative estimate of drug-likeness (QED) is 0.375. The predicted octanol–water partition coefficient (Wildman–Crippen LogP) is 4.51. The number of hydrogen-bond donors (Lipinski definition) is 4. The molecule has 0 heterocycles. The molecule has 4 N–H and O–H groups in total. The molecule has 4 rings (SSSR count). The van der Waals surface area contributed by atoms with Gasteiger partial charge in [0.25, 0.3) is 5.91 Å². The number of amides is 2. The topological polar surface area (TPSA) is 125 Å². The zero-order valence-electron chi connectivity index (χ0n) is 18.9. The fraction of sp³-hybridized carbons (Fsp3) is 0.148. The molecule has 0 atom stereocenters. The van der Waals surface area contributed by atoms with E-state index in [1.54, 1.807) is 6.92 Å². The Morgan fingerprint density at radius 3 is 2.20 bits per heavy atom. The highest BCUT2D eigenvalue weighted by Gasteiger charge is 2.28. The lowest BCUT2D eigenvalue weighted by molar-refractivity contribution is -0.112. The summed E-state index contributed by atoms with van der Waals surface area (Å²) in [5.74, 6) is -2.22. The van der Waals surface area contributed by atoms with Crippen LogP contribution < -0.4 is 10.6 Å². The van der Waals surface area contributed by atoms with Gasteiger partial charge in [-0.1, -0.05) is 54.6 Å². The summed E-state index contributed by atoms with van der Waals surface area (Å²) >= 11 is 0. The highest BCUT2D eigenvalue weighted by Crippen LogP contribution is 2.44. The monoisotopic (exact) mass is 472 g/mol. The van der Waals surface area contributed by atoms with Gasteiger partial charge in [-0.05, 0) is 41.3 Å². The Morgan fingerprint density at radius 1 is 0.971 bits per heavy atom. The summed E-state index contributed by atoms with van der Waals surface area (Å²) in [5.41, 5.74) is 4.84. The van der Waals surface area contributed by atoms with Crippen molar-refractivity contribution in [3.8, 4) is 16.9 Å². The molecule has 1 aliphatic carbocycles. The molecule has 2 amide bonds. The van der Waals surface area contributed by atoms with E-state index in [9.17, 15) is 19.5 Å². The molecule has 3 aromatic rings. The molecule has 0 radical (unpaired) electrons. The van der Waals surface area contributed by atoms with Crippen LogP contribution in [0.25, 0.3) is 11.1 Å². The minimum absolute atomic E-state index is 0.0415. The van der Waals surface area contributed by atoms with Crippen molar-refractivity contribution in [1.29, 1.82) is 0 Å². The SMILES string of the molecule is C/C(=C\CNC(=O)OCC1c2ccccc2-c2ccccc21)C(=O)Nc1ccc(C(=O)O)c(O)c1. The van der Waals surface area contributed by atoms with Crippen molar-refractivity contribution in [2.75, 3.05) is 18.5 Å². The standard InChI is InChI=1S/C27H24N2O6/c1-16(25(31)29-17-10-11-22(26(32)33)24(30)14-17)12-13-28-27(34)35-15-23-20-8-4-2-6-18(20)19-7-3-5-9-21(19)23/h2-12,14,23,30H,13,15H2,1H3,(H,28,34)(H,29,31)(H,32,33)/b16-12+. The summed E-state index contributed by atoms with van der Waals surface area (Å²) in [6, 6.07) is 19.9. The molecule has 0 saturated carbocycles. The Balaban J connectivity index is 1.29. The first-order valence-electron chi connectivity index (χ1n) is 11.0. The predicted molar refractivity (Wildman–Crippen MR) is 131 cm³/mol. The van der Waals surface area contributed by atoms with Gasteiger partial charge >= 0.3 is 12.1 Å². The number of alkyl carbamates (subject to hydrolysis) is 1. The van der Waals surface area contributed by atoms with Crippen molar-refractivity contribution in [1.82, 2.24) is 5.32 Å². The molecule has 0 aliphatic heterocycles. The second-order valence-electron chi connectivity index (χ2n) is 8.08. The molecule has 0 bridgehead atoms. The number of fused-ring (bicyclic) bond motifs is 3. The van der Waals surface area contributed by atoms with Gasteiger partial charge in [-0.2, -0.15) is 0 Å². The van der Waals surface area contributed by atoms with E-state index in [0.29, 0.717) is 5.57 Å². The minimum atomic E-state index is -1.27. The third kappa shape index (κ3) is 5.16. The Hall–Kier alpha value is -4.59. The second kappa shape index (κ2) is 10.1. The molecule has 1 aliphatic rings. The second-order valence-corrected chi connectivity index (χ2v) is 8.08. The highest BCUT2D eigenvalue weighted by atomic mass is 16.5. The number of phenols is 1. The number of hydrogen-bond acceptors (Lipinski definition) is 5. The van der Waals surface area contributed by atoms with Crippen molar-refractivity contribution in [2.45, 2.75) is 12.8 Å². The number of benzene rings is 3. The van der Waals surface area contributed by atoms with Crippen LogP contribution in [-0.2, 0) is 9.53 Å². The maximum absolute atomic E-state index is 12.3. The number of aromatic carboxylic acids is 1. The summed E-state index contributed by atoms with van der Waals surface area (Å²) in [5, 5.41) is 23.9. The van der Waals surface area contributed by atoms with Crippen LogP contribution in [0, 0.1) is 0 Å². The van der Waals surface area contributed by atoms with Crippen molar-refractivity contribution in [2.24, 2.45) is 0 Å². The van der Waals surface area contributed by atoms with E-state index in [1.807, 2.05) is 36.4 Å². The number of carbonyl (C=O) groups is 3. The number of carbonyl (C=O) groups excluding carboxylic acids is 2. The summed E-state index contributed by atoms with van der Waals surface area (Å²) in [7, 11) is 0. The first-order chi connectivity index (χ1) is 16.8. The lowest BCUT2D eigenvalue weighted by atomic mass is 9.98. The lowest BCUT2D eigenvalue weighted by Gasteiger charge is -2.14. The van der Waals surface area contributed by atoms with Gasteiger partial charge in [0.1, 0.15) is 17.9 Å². The van der Waals surface area contributed by atoms with Crippen LogP contribution in [0.3, 0.4) is 0 Å². The van der Waals surface area contributed by atoms with E-state index in [2.05, 4.69) is 22.8 Å². The summed E-state index contributed by atoms with van der Waals surface area (Å²) in [6.07, 6.45) is 0.938. The minimum Gasteiger partial charge on any atom is -0.507 e. The molecule has 0 aromatic heterocycles. The lowest BCUT2D eigenvalue weighted by Crippen LogP contribution is -2.26. The van der Waals surface area contributed by atoms with E-state index < -0.39 is 23.7 Å². The normalized spacial score (nSPS) is 12.4. The number of aromatic hydroxyl groups is 1. The van der Waals surface area contributed by atoms with Crippen molar-refractivity contribution < 1.29 is 29.3 Å². The summed E-state index contributed by atoms with van der Waals surface area (Å²) in [6.45, 7) is 1.85. The number of carboxylic acid groups (broad SMARTS) is 1. The number of ether oxygens (including phenoxy) is 1. The molecule has 8 nitrogen and oxygen atoms in total. The van der Waals surface area contributed by atoms with E-state index in [4.69, 9.17) is 9.84 Å². The summed E-state index contributed by atoms with van der Waals surface area (Å²) in [4.78, 5) is 35.5. The third-order valence-electron chi connectivity index (χ3n) is 5.84. The number of anilines is 1. The zero-order chi connectivity index (χ0) is 24.9. The van der Waals surface area contributed by atoms with Gasteiger partial charge in [-0.25, -0.2) is 9.59 Å². The smallest absolute Gasteiger partial charge is 0.407 e. The van der Waals surface area contributed by atoms with Gasteiger partial charge in [0.05, 0.1) is 0 Å². The van der Waals surface area contributed by atoms with Crippen molar-refractivity contribution in [3.05, 3.63) is 95.1 Å². The average Bonchev–Trinajstić information content (AvgIpc) is 3.16. The summed E-state index contributed by atoms with van der Waals surface area (Å²) < 4.78 is 5.47. The van der Waals surface area contributed by atoms with Crippen LogP contribution in [0.5, 0.6) is 5.75 Å². The largest absolute Gasteiger partial charge is 0.507 e. The van der Waals surface area contributed by atoms with Crippen LogP contribution >= 0.6 is 0 Å². The van der Waals surface area contributed by atoms with Crippen LogP contribution in [0.15, 0.2) is 78.4 Å². The highest BCUT2D eigenvalue weighted by molar-refractivity contribution is 6.03. The van der Waals surface area contributed by atoms with Crippen LogP contribution in [0.1, 0.15) is 34.3 Å². The van der Waals surface area contributed by atoms with Gasteiger partial charge < -0.3 is 25.6 Å². The molecule has 8 heteroatoms. The third-order valence-corrected chi connectivity index (χ3v) is 5.84. The molecular weight excluding hydrogens is 448 g/mol. The van der Waals surface area contributed by atoms with Gasteiger partial charge in [0, 0.05) is 29.8 Å². The number of carboxylic acids is 1. The van der Waals surface area contributed by atoms with Crippen molar-refractivity contribution in [3.63, 3.8) is 0 Å². The first kappa shape index (κ1) is 23.6. The van der Waals surface area contributed by atoms with E-state index in [0.717, 1.165) is 28.3 Å². The Labute approximate surface area is 201 Å². The van der Waals surface area contributed by atoms with Gasteiger partial charge in [-0.3, -0.25) is 4.79 Å². The molecule has 0 fully saturated rings. The molecule has 3 aromatic carbocycles. The van der Waals surface area contributed by atoms with Gasteiger partial charge in [0.15, 0.2) is 0 Å². The molecule has 0 saturated heterocycles. The van der Waals surface area contributed by atoms with Crippen molar-refractivity contribution >= 4 is 23.7 Å². The maximum atomic E-state index is 12.3. The number of nitrogens with one attached hydrogen (secondary N) is 2. The fourth-order valence-corrected chi connectivity index (χ4v) is 4.05. The molecule has 0 spiro atoms. The molecular formula is C27H24N2O6. The average molecular weight is 472 g/mol. The molecule has 178 valence electrons. The number of rotatable bonds is 7. The molecule has 35 heavy (non-hydrogen) atoms. The fourth-order valence-electron chi connectivity index (χ4n) is 4.05. The van der Waals surface area contributed by atoms with Crippen LogP contribution in [0.2, 0.25) is 0 Å². The Morgan fingerprint density at radius 2 is 1.60 bits per heavy atom. The van der Waals surface area contributed by atoms with Gasteiger partial charge in [-0.15, -0.1) is 0 Å². The van der Waals surface area contributed by atoms with Crippen LogP contribution in [0.4, 0.5) is 10.5 Å². The molecule has 0 unspecified atom stereocenters. The van der Waals surface area contributed by atoms with E-state index in [-0.39, 0.29) is 30.3 Å². The Kier molecular flexibility index (Phi) is 6.82. The first-order valence-corrected chi connectivity index (χ1v) is 11.0. The zero-order valence-corrected chi connectivity index (χ0v) is 18.9. The van der Waals surface area contributed by atoms with Gasteiger partial charge in [0.2, 0.25) is 0 Å². The Bertz CT molecular complexity index is 1290. The van der Waals surface area contributed by atoms with Crippen LogP contribution in [-0.4, -0.2) is 41.3 Å². The van der Waals surface area contributed by atoms with E-state index in [1.165, 1.54) is 18.2 Å². The maximum Gasteiger partial charge on any atom is 0.407 e. The van der Waals surface area contributed by atoms with E-state index >= 15 is 0 Å².